The fourth-order valence-electron chi connectivity index (χ4n) is 3.60. The number of benzene rings is 2. The molecule has 2 aromatic carbocycles. The number of rotatable bonds is 8. The number of nitrogens with zero attached hydrogens (tertiary/aromatic N) is 2. The van der Waals surface area contributed by atoms with Gasteiger partial charge in [-0.3, -0.25) is 9.59 Å². The number of ether oxygens (including phenoxy) is 1. The van der Waals surface area contributed by atoms with E-state index in [0.717, 1.165) is 9.78 Å². The second kappa shape index (κ2) is 9.83. The number of imide groups is 1. The van der Waals surface area contributed by atoms with E-state index >= 15 is 0 Å². The van der Waals surface area contributed by atoms with E-state index in [-0.39, 0.29) is 18.7 Å². The van der Waals surface area contributed by atoms with Crippen LogP contribution in [0.15, 0.2) is 66.0 Å². The highest BCUT2D eigenvalue weighted by atomic mass is 32.1. The molecule has 1 fully saturated rings. The molecule has 4 amide bonds. The van der Waals surface area contributed by atoms with Crippen molar-refractivity contribution in [2.75, 3.05) is 16.8 Å². The average molecular weight is 468 g/mol. The molecule has 1 aromatic heterocycles. The minimum atomic E-state index is -0.979. The van der Waals surface area contributed by atoms with E-state index in [9.17, 15) is 18.8 Å². The zero-order valence-corrected chi connectivity index (χ0v) is 18.7. The van der Waals surface area contributed by atoms with Gasteiger partial charge in [-0.15, -0.1) is 11.3 Å². The maximum atomic E-state index is 13.4. The van der Waals surface area contributed by atoms with E-state index in [1.807, 2.05) is 24.4 Å². The van der Waals surface area contributed by atoms with Gasteiger partial charge in [0.2, 0.25) is 5.91 Å². The predicted octanol–water partition coefficient (Wildman–Crippen LogP) is 4.65. The number of anilines is 2. The zero-order chi connectivity index (χ0) is 23.4. The monoisotopic (exact) mass is 467 g/mol. The van der Waals surface area contributed by atoms with Crippen LogP contribution in [0.3, 0.4) is 0 Å². The lowest BCUT2D eigenvalue weighted by atomic mass is 10.1. The highest BCUT2D eigenvalue weighted by molar-refractivity contribution is 7.09. The Kier molecular flexibility index (Phi) is 6.69. The maximum absolute atomic E-state index is 13.4. The minimum Gasteiger partial charge on any atom is -0.494 e. The van der Waals surface area contributed by atoms with Crippen LogP contribution < -0.4 is 15.0 Å². The molecule has 3 aromatic rings. The van der Waals surface area contributed by atoms with Gasteiger partial charge in [0.05, 0.1) is 25.3 Å². The smallest absolute Gasteiger partial charge is 0.332 e. The van der Waals surface area contributed by atoms with E-state index < -0.39 is 29.7 Å². The van der Waals surface area contributed by atoms with Crippen LogP contribution in [0.2, 0.25) is 0 Å². The van der Waals surface area contributed by atoms with Gasteiger partial charge in [-0.05, 0) is 66.9 Å². The zero-order valence-electron chi connectivity index (χ0n) is 17.9. The molecule has 1 aliphatic heterocycles. The molecule has 0 spiro atoms. The highest BCUT2D eigenvalue weighted by Gasteiger charge is 2.46. The van der Waals surface area contributed by atoms with Crippen molar-refractivity contribution in [3.05, 3.63) is 76.7 Å². The molecule has 1 saturated heterocycles. The van der Waals surface area contributed by atoms with E-state index in [0.29, 0.717) is 18.0 Å². The summed E-state index contributed by atoms with van der Waals surface area (Å²) in [5, 5.41) is 4.64. The summed E-state index contributed by atoms with van der Waals surface area (Å²) in [6.45, 7) is 2.61. The van der Waals surface area contributed by atoms with Gasteiger partial charge in [0.15, 0.2) is 0 Å². The summed E-state index contributed by atoms with van der Waals surface area (Å²) < 4.78 is 18.8. The minimum absolute atomic E-state index is 0.195. The van der Waals surface area contributed by atoms with Gasteiger partial charge in [0.25, 0.3) is 5.91 Å². The maximum Gasteiger partial charge on any atom is 0.332 e. The van der Waals surface area contributed by atoms with Crippen molar-refractivity contribution in [1.29, 1.82) is 0 Å². The van der Waals surface area contributed by atoms with Crippen molar-refractivity contribution in [2.24, 2.45) is 0 Å². The topological polar surface area (TPSA) is 79.0 Å². The van der Waals surface area contributed by atoms with Gasteiger partial charge < -0.3 is 15.0 Å². The van der Waals surface area contributed by atoms with Crippen molar-refractivity contribution in [2.45, 2.75) is 25.9 Å². The number of hydrogen-bond donors (Lipinski definition) is 1. The Labute approximate surface area is 194 Å². The van der Waals surface area contributed by atoms with Crippen molar-refractivity contribution in [3.63, 3.8) is 0 Å². The average Bonchev–Trinajstić information content (AvgIpc) is 3.39. The van der Waals surface area contributed by atoms with Crippen LogP contribution in [-0.2, 0) is 16.1 Å². The number of thiophene rings is 1. The summed E-state index contributed by atoms with van der Waals surface area (Å²) in [5.41, 5.74) is 0.817. The van der Waals surface area contributed by atoms with Crippen molar-refractivity contribution < 1.29 is 23.5 Å². The van der Waals surface area contributed by atoms with E-state index in [2.05, 4.69) is 5.32 Å². The molecule has 0 bridgehead atoms. The number of hydrogen-bond acceptors (Lipinski definition) is 5. The Balaban J connectivity index is 1.53. The standard InChI is InChI=1S/C24H22FN3O4S/c1-2-32-19-11-7-17(8-12-19)26-22(29)14-21-23(30)28(18-9-5-16(25)6-10-18)24(31)27(21)15-20-4-3-13-33-20/h3-13,21H,2,14-15H2,1H3,(H,26,29)/t21-/m1/s1. The molecule has 33 heavy (non-hydrogen) atoms. The van der Waals surface area contributed by atoms with Crippen LogP contribution >= 0.6 is 11.3 Å². The van der Waals surface area contributed by atoms with Crippen molar-refractivity contribution in [3.8, 4) is 5.75 Å². The Bertz CT molecular complexity index is 1130. The van der Waals surface area contributed by atoms with Gasteiger partial charge in [0.1, 0.15) is 17.6 Å². The molecule has 1 N–H and O–H groups in total. The summed E-state index contributed by atoms with van der Waals surface area (Å²) in [5.74, 6) is -0.712. The second-order valence-electron chi connectivity index (χ2n) is 7.37. The fraction of sp³-hybridized carbons (Fsp3) is 0.208. The van der Waals surface area contributed by atoms with E-state index in [1.165, 1.54) is 40.5 Å². The molecule has 0 unspecified atom stereocenters. The first-order chi connectivity index (χ1) is 16.0. The molecule has 0 radical (unpaired) electrons. The number of nitrogens with one attached hydrogen (secondary N) is 1. The van der Waals surface area contributed by atoms with Crippen LogP contribution in [0, 0.1) is 5.82 Å². The van der Waals surface area contributed by atoms with E-state index in [4.69, 9.17) is 4.74 Å². The molecule has 1 aliphatic rings. The number of urea groups is 1. The van der Waals surface area contributed by atoms with Crippen LogP contribution in [0.1, 0.15) is 18.2 Å². The Morgan fingerprint density at radius 1 is 1.09 bits per heavy atom. The highest BCUT2D eigenvalue weighted by Crippen LogP contribution is 2.29. The lowest BCUT2D eigenvalue weighted by Crippen LogP contribution is -2.37. The van der Waals surface area contributed by atoms with Crippen LogP contribution in [0.4, 0.5) is 20.6 Å². The van der Waals surface area contributed by atoms with Crippen LogP contribution in [-0.4, -0.2) is 35.4 Å². The van der Waals surface area contributed by atoms with E-state index in [1.54, 1.807) is 24.3 Å². The molecule has 170 valence electrons. The van der Waals surface area contributed by atoms with Gasteiger partial charge in [-0.2, -0.15) is 0 Å². The largest absolute Gasteiger partial charge is 0.494 e. The van der Waals surface area contributed by atoms with Gasteiger partial charge >= 0.3 is 6.03 Å². The molecule has 4 rings (SSSR count). The lowest BCUT2D eigenvalue weighted by molar-refractivity contribution is -0.124. The van der Waals surface area contributed by atoms with Crippen molar-refractivity contribution in [1.82, 2.24) is 4.90 Å². The van der Waals surface area contributed by atoms with Gasteiger partial charge in [0, 0.05) is 10.6 Å². The number of halogens is 1. The number of carbonyl (C=O) groups is 3. The first-order valence-corrected chi connectivity index (χ1v) is 11.3. The fourth-order valence-corrected chi connectivity index (χ4v) is 4.30. The quantitative estimate of drug-likeness (QED) is 0.489. The van der Waals surface area contributed by atoms with Crippen molar-refractivity contribution >= 4 is 40.6 Å². The predicted molar refractivity (Wildman–Crippen MR) is 124 cm³/mol. The summed E-state index contributed by atoms with van der Waals surface area (Å²) in [6.07, 6.45) is -0.207. The SMILES string of the molecule is CCOc1ccc(NC(=O)C[C@@H]2C(=O)N(c3ccc(F)cc3)C(=O)N2Cc2cccs2)cc1. The Morgan fingerprint density at radius 2 is 1.82 bits per heavy atom. The summed E-state index contributed by atoms with van der Waals surface area (Å²) >= 11 is 1.46. The Morgan fingerprint density at radius 3 is 2.45 bits per heavy atom. The molecular weight excluding hydrogens is 445 g/mol. The molecule has 0 aliphatic carbocycles. The molecule has 1 atom stereocenters. The molecule has 0 saturated carbocycles. The third-order valence-electron chi connectivity index (χ3n) is 5.14. The number of carbonyl (C=O) groups excluding carboxylic acids is 3. The molecular formula is C24H22FN3O4S. The van der Waals surface area contributed by atoms with Gasteiger partial charge in [-0.1, -0.05) is 6.07 Å². The summed E-state index contributed by atoms with van der Waals surface area (Å²) in [4.78, 5) is 42.4. The van der Waals surface area contributed by atoms with Gasteiger partial charge in [-0.25, -0.2) is 14.1 Å². The molecule has 9 heteroatoms. The third-order valence-corrected chi connectivity index (χ3v) is 6.00. The normalized spacial score (nSPS) is 15.8. The molecule has 2 heterocycles. The second-order valence-corrected chi connectivity index (χ2v) is 8.40. The first-order valence-electron chi connectivity index (χ1n) is 10.4. The third kappa shape index (κ3) is 5.04. The lowest BCUT2D eigenvalue weighted by Gasteiger charge is -2.21. The first kappa shape index (κ1) is 22.5. The van der Waals surface area contributed by atoms with Crippen LogP contribution in [0.25, 0.3) is 0 Å². The summed E-state index contributed by atoms with van der Waals surface area (Å²) in [7, 11) is 0. The summed E-state index contributed by atoms with van der Waals surface area (Å²) in [6, 6.07) is 14.2. The molecule has 7 nitrogen and oxygen atoms in total. The Hall–Kier alpha value is -3.72. The van der Waals surface area contributed by atoms with Crippen LogP contribution in [0.5, 0.6) is 5.75 Å². The number of amides is 4.